The highest BCUT2D eigenvalue weighted by Crippen LogP contribution is 2.27. The van der Waals surface area contributed by atoms with E-state index in [0.29, 0.717) is 6.10 Å². The molecule has 0 N–H and O–H groups in total. The van der Waals surface area contributed by atoms with Crippen LogP contribution in [0.15, 0.2) is 12.5 Å². The zero-order chi connectivity index (χ0) is 9.47. The van der Waals surface area contributed by atoms with Gasteiger partial charge in [-0.3, -0.25) is 0 Å². The van der Waals surface area contributed by atoms with Crippen LogP contribution in [0.2, 0.25) is 0 Å². The molecule has 0 fully saturated rings. The Morgan fingerprint density at radius 1 is 1.54 bits per heavy atom. The van der Waals surface area contributed by atoms with Gasteiger partial charge in [-0.25, -0.2) is 4.98 Å². The third-order valence-corrected chi connectivity index (χ3v) is 2.55. The highest BCUT2D eigenvalue weighted by molar-refractivity contribution is 5.00. The first-order valence-corrected chi connectivity index (χ1v) is 4.76. The van der Waals surface area contributed by atoms with Crippen LogP contribution in [-0.4, -0.2) is 15.8 Å². The first-order chi connectivity index (χ1) is 6.07. The van der Waals surface area contributed by atoms with E-state index >= 15 is 0 Å². The van der Waals surface area contributed by atoms with Gasteiger partial charge in [0.05, 0.1) is 11.9 Å². The summed E-state index contributed by atoms with van der Waals surface area (Å²) < 4.78 is 1.80. The zero-order valence-electron chi connectivity index (χ0n) is 8.45. The molecule has 0 aromatic carbocycles. The number of rotatable bonds is 0. The molecule has 1 aromatic heterocycles. The Hall–Kier alpha value is -0.990. The average Bonchev–Trinajstić information content (AvgIpc) is 2.47. The Kier molecular flexibility index (Phi) is 1.82. The third kappa shape index (κ3) is 1.55. The summed E-state index contributed by atoms with van der Waals surface area (Å²) in [7, 11) is 0. The smallest absolute Gasteiger partial charge is 0.132 e. The predicted molar refractivity (Wildman–Crippen MR) is 50.4 cm³/mol. The van der Waals surface area contributed by atoms with E-state index in [-0.39, 0.29) is 5.41 Å². The van der Waals surface area contributed by atoms with Crippen molar-refractivity contribution in [3.63, 3.8) is 0 Å². The summed E-state index contributed by atoms with van der Waals surface area (Å²) in [5.74, 6) is 0. The Bertz CT molecular complexity index is 298. The molecule has 0 spiro atoms. The molecule has 0 aliphatic carbocycles. The van der Waals surface area contributed by atoms with Crippen LogP contribution in [0.4, 0.5) is 0 Å². The first-order valence-electron chi connectivity index (χ1n) is 4.76. The molecule has 0 bridgehead atoms. The van der Waals surface area contributed by atoms with Crippen molar-refractivity contribution >= 4 is 0 Å². The van der Waals surface area contributed by atoms with Gasteiger partial charge >= 0.3 is 0 Å². The number of fused-ring (bicyclic) bond motifs is 1. The largest absolute Gasteiger partial charge is 0.409 e. The van der Waals surface area contributed by atoms with E-state index in [0.717, 1.165) is 12.8 Å². The second-order valence-corrected chi connectivity index (χ2v) is 4.71. The molecule has 72 valence electrons. The topological polar surface area (TPSA) is 27.1 Å². The summed E-state index contributed by atoms with van der Waals surface area (Å²) in [5, 5.41) is 0. The van der Waals surface area contributed by atoms with Crippen molar-refractivity contribution in [1.29, 1.82) is 0 Å². The second-order valence-electron chi connectivity index (χ2n) is 4.71. The lowest BCUT2D eigenvalue weighted by Gasteiger charge is -2.34. The summed E-state index contributed by atoms with van der Waals surface area (Å²) in [6.07, 6.45) is 6.08. The van der Waals surface area contributed by atoms with Crippen LogP contribution in [0.25, 0.3) is 0 Å². The minimum absolute atomic E-state index is 0.210. The predicted octanol–water partition coefficient (Wildman–Crippen LogP) is 1.67. The number of hydrogen-bond donors (Lipinski definition) is 0. The van der Waals surface area contributed by atoms with Gasteiger partial charge in [-0.1, -0.05) is 20.8 Å². The molecule has 1 unspecified atom stereocenters. The molecule has 0 radical (unpaired) electrons. The van der Waals surface area contributed by atoms with Crippen molar-refractivity contribution in [3.8, 4) is 0 Å². The van der Waals surface area contributed by atoms with Crippen LogP contribution in [0.3, 0.4) is 0 Å². The summed E-state index contributed by atoms with van der Waals surface area (Å²) >= 11 is 0. The molecule has 13 heavy (non-hydrogen) atoms. The SMILES string of the molecule is CC(C)(C)C1CCc2cncn2O1. The van der Waals surface area contributed by atoms with Crippen molar-refractivity contribution < 1.29 is 4.84 Å². The highest BCUT2D eigenvalue weighted by atomic mass is 16.7. The van der Waals surface area contributed by atoms with Crippen molar-refractivity contribution in [2.75, 3.05) is 0 Å². The Morgan fingerprint density at radius 2 is 2.31 bits per heavy atom. The average molecular weight is 180 g/mol. The summed E-state index contributed by atoms with van der Waals surface area (Å²) in [6.45, 7) is 6.62. The monoisotopic (exact) mass is 180 g/mol. The lowest BCUT2D eigenvalue weighted by molar-refractivity contribution is -0.0510. The number of aromatic nitrogens is 2. The van der Waals surface area contributed by atoms with Gasteiger partial charge in [-0.15, -0.1) is 0 Å². The molecule has 1 aliphatic heterocycles. The van der Waals surface area contributed by atoms with Crippen LogP contribution >= 0.6 is 0 Å². The lowest BCUT2D eigenvalue weighted by atomic mass is 9.86. The summed E-state index contributed by atoms with van der Waals surface area (Å²) in [6, 6.07) is 0. The molecule has 0 amide bonds. The lowest BCUT2D eigenvalue weighted by Crippen LogP contribution is -2.40. The van der Waals surface area contributed by atoms with Gasteiger partial charge in [0.1, 0.15) is 12.4 Å². The third-order valence-electron chi connectivity index (χ3n) is 2.55. The normalized spacial score (nSPS) is 22.2. The Labute approximate surface area is 78.7 Å². The van der Waals surface area contributed by atoms with Gasteiger partial charge in [-0.05, 0) is 12.8 Å². The van der Waals surface area contributed by atoms with Gasteiger partial charge in [0.15, 0.2) is 0 Å². The minimum atomic E-state index is 0.210. The Morgan fingerprint density at radius 3 is 3.00 bits per heavy atom. The minimum Gasteiger partial charge on any atom is -0.409 e. The van der Waals surface area contributed by atoms with E-state index in [1.807, 2.05) is 6.20 Å². The molecule has 0 saturated carbocycles. The molecule has 3 nitrogen and oxygen atoms in total. The molecular formula is C10H16N2O. The number of imidazole rings is 1. The first kappa shape index (κ1) is 8.60. The van der Waals surface area contributed by atoms with E-state index < -0.39 is 0 Å². The van der Waals surface area contributed by atoms with E-state index in [1.54, 1.807) is 11.1 Å². The van der Waals surface area contributed by atoms with Crippen LogP contribution in [0.5, 0.6) is 0 Å². The van der Waals surface area contributed by atoms with Crippen molar-refractivity contribution in [2.24, 2.45) is 5.41 Å². The molecule has 1 aliphatic rings. The molecule has 1 aromatic rings. The molecule has 3 heteroatoms. The molecule has 2 heterocycles. The maximum Gasteiger partial charge on any atom is 0.132 e. The molecular weight excluding hydrogens is 164 g/mol. The Balaban J connectivity index is 2.18. The van der Waals surface area contributed by atoms with E-state index in [1.165, 1.54) is 5.69 Å². The van der Waals surface area contributed by atoms with Crippen LogP contribution in [0.1, 0.15) is 32.9 Å². The molecule has 2 rings (SSSR count). The van der Waals surface area contributed by atoms with Gasteiger partial charge in [0.25, 0.3) is 0 Å². The van der Waals surface area contributed by atoms with Crippen molar-refractivity contribution in [2.45, 2.75) is 39.7 Å². The van der Waals surface area contributed by atoms with Gasteiger partial charge in [0, 0.05) is 5.41 Å². The number of hydrogen-bond acceptors (Lipinski definition) is 2. The van der Waals surface area contributed by atoms with Gasteiger partial charge in [0.2, 0.25) is 0 Å². The van der Waals surface area contributed by atoms with Crippen molar-refractivity contribution in [3.05, 3.63) is 18.2 Å². The molecule has 1 atom stereocenters. The fourth-order valence-corrected chi connectivity index (χ4v) is 1.64. The maximum absolute atomic E-state index is 5.79. The van der Waals surface area contributed by atoms with Crippen molar-refractivity contribution in [1.82, 2.24) is 9.71 Å². The van der Waals surface area contributed by atoms with Gasteiger partial charge < -0.3 is 4.84 Å². The summed E-state index contributed by atoms with van der Waals surface area (Å²) in [5.41, 5.74) is 1.39. The van der Waals surface area contributed by atoms with Gasteiger partial charge in [-0.2, -0.15) is 4.73 Å². The second kappa shape index (κ2) is 2.76. The molecule has 0 saturated heterocycles. The quantitative estimate of drug-likeness (QED) is 0.607. The fourth-order valence-electron chi connectivity index (χ4n) is 1.64. The van der Waals surface area contributed by atoms with E-state index in [9.17, 15) is 0 Å². The van der Waals surface area contributed by atoms with E-state index in [2.05, 4.69) is 25.8 Å². The standard InChI is InChI=1S/C10H16N2O/c1-10(2,3)9-5-4-8-6-11-7-12(8)13-9/h6-7,9H,4-5H2,1-3H3. The zero-order valence-corrected chi connectivity index (χ0v) is 8.45. The van der Waals surface area contributed by atoms with Crippen LogP contribution in [0, 0.1) is 5.41 Å². The number of aryl methyl sites for hydroxylation is 1. The fraction of sp³-hybridized carbons (Fsp3) is 0.700. The van der Waals surface area contributed by atoms with E-state index in [4.69, 9.17) is 4.84 Å². The number of nitrogens with zero attached hydrogens (tertiary/aromatic N) is 2. The van der Waals surface area contributed by atoms with Crippen LogP contribution < -0.4 is 4.84 Å². The highest BCUT2D eigenvalue weighted by Gasteiger charge is 2.30. The van der Waals surface area contributed by atoms with Crippen LogP contribution in [-0.2, 0) is 6.42 Å². The summed E-state index contributed by atoms with van der Waals surface area (Å²) in [4.78, 5) is 9.85. The maximum atomic E-state index is 5.79.